The molecule has 5 rings (SSSR count). The van der Waals surface area contributed by atoms with Gasteiger partial charge in [-0.25, -0.2) is 0 Å². The largest absolute Gasteiger partial charge is 0.396 e. The number of benzene rings is 1. The lowest BCUT2D eigenvalue weighted by Crippen LogP contribution is -2.55. The monoisotopic (exact) mass is 369 g/mol. The summed E-state index contributed by atoms with van der Waals surface area (Å²) < 4.78 is 0. The summed E-state index contributed by atoms with van der Waals surface area (Å²) >= 11 is 0. The fraction of sp³-hybridized carbons (Fsp3) is 0.619. The highest BCUT2D eigenvalue weighted by Crippen LogP contribution is 2.55. The maximum Gasteiger partial charge on any atom is 0.250 e. The predicted molar refractivity (Wildman–Crippen MR) is 101 cm³/mol. The van der Waals surface area contributed by atoms with Gasteiger partial charge in [-0.15, -0.1) is 0 Å². The molecule has 27 heavy (non-hydrogen) atoms. The Bertz CT molecular complexity index is 785. The van der Waals surface area contributed by atoms with Crippen LogP contribution in [0.4, 0.5) is 5.69 Å². The summed E-state index contributed by atoms with van der Waals surface area (Å²) in [7, 11) is 0. The summed E-state index contributed by atoms with van der Waals surface area (Å²) in [5, 5.41) is 15.8. The van der Waals surface area contributed by atoms with E-state index < -0.39 is 5.54 Å². The third-order valence-electron chi connectivity index (χ3n) is 7.48. The maximum atomic E-state index is 13.3. The lowest BCUT2D eigenvalue weighted by Gasteiger charge is -2.41. The molecule has 144 valence electrons. The summed E-state index contributed by atoms with van der Waals surface area (Å²) in [6.07, 6.45) is 5.86. The van der Waals surface area contributed by atoms with Crippen molar-refractivity contribution in [1.29, 1.82) is 0 Å². The van der Waals surface area contributed by atoms with Gasteiger partial charge in [0.1, 0.15) is 5.54 Å². The fourth-order valence-corrected chi connectivity index (χ4v) is 5.85. The van der Waals surface area contributed by atoms with Crippen molar-refractivity contribution in [3.05, 3.63) is 29.8 Å². The van der Waals surface area contributed by atoms with Crippen molar-refractivity contribution < 1.29 is 14.7 Å². The minimum absolute atomic E-state index is 0.0454. The topological polar surface area (TPSA) is 81.7 Å². The zero-order chi connectivity index (χ0) is 18.6. The first-order valence-electron chi connectivity index (χ1n) is 10.2. The number of para-hydroxylation sites is 1. The van der Waals surface area contributed by atoms with Crippen molar-refractivity contribution in [2.24, 2.45) is 11.3 Å². The molecule has 0 radical (unpaired) electrons. The minimum atomic E-state index is -0.881. The van der Waals surface area contributed by atoms with E-state index in [1.807, 2.05) is 24.3 Å². The second-order valence-corrected chi connectivity index (χ2v) is 8.77. The van der Waals surface area contributed by atoms with Gasteiger partial charge in [-0.2, -0.15) is 0 Å². The summed E-state index contributed by atoms with van der Waals surface area (Å²) in [6, 6.07) is 8.08. The molecule has 1 spiro atoms. The highest BCUT2D eigenvalue weighted by atomic mass is 16.3. The first-order valence-corrected chi connectivity index (χ1v) is 10.2. The SMILES string of the molecule is O=C(NCC1(CO)CCC1)[C@@H]1C[C@H]2CCCN2[C@]12C(=O)Nc1ccccc12. The average Bonchev–Trinajstić information content (AvgIpc) is 3.29. The molecule has 2 saturated heterocycles. The van der Waals surface area contributed by atoms with Gasteiger partial charge in [0.05, 0.1) is 12.5 Å². The van der Waals surface area contributed by atoms with Crippen LogP contribution in [0, 0.1) is 11.3 Å². The predicted octanol–water partition coefficient (Wildman–Crippen LogP) is 1.60. The van der Waals surface area contributed by atoms with Crippen molar-refractivity contribution in [2.45, 2.75) is 50.1 Å². The van der Waals surface area contributed by atoms with E-state index >= 15 is 0 Å². The van der Waals surface area contributed by atoms with Crippen LogP contribution < -0.4 is 10.6 Å². The molecule has 3 aliphatic heterocycles. The molecule has 4 aliphatic rings. The number of nitrogens with zero attached hydrogens (tertiary/aromatic N) is 1. The Morgan fingerprint density at radius 2 is 2.11 bits per heavy atom. The van der Waals surface area contributed by atoms with Gasteiger partial charge in [-0.3, -0.25) is 14.5 Å². The number of aliphatic hydroxyl groups is 1. The van der Waals surface area contributed by atoms with E-state index in [1.165, 1.54) is 0 Å². The molecule has 3 atom stereocenters. The van der Waals surface area contributed by atoms with Gasteiger partial charge < -0.3 is 15.7 Å². The Hall–Kier alpha value is -1.92. The Morgan fingerprint density at radius 1 is 1.30 bits per heavy atom. The van der Waals surface area contributed by atoms with Crippen molar-refractivity contribution in [1.82, 2.24) is 10.2 Å². The lowest BCUT2D eigenvalue weighted by atomic mass is 9.69. The molecule has 1 aromatic carbocycles. The van der Waals surface area contributed by atoms with Gasteiger partial charge in [-0.05, 0) is 44.7 Å². The molecule has 1 aromatic rings. The molecule has 0 bridgehead atoms. The molecule has 3 heterocycles. The van der Waals surface area contributed by atoms with Crippen molar-refractivity contribution >= 4 is 17.5 Å². The zero-order valence-electron chi connectivity index (χ0n) is 15.5. The van der Waals surface area contributed by atoms with Crippen LogP contribution in [-0.4, -0.2) is 47.6 Å². The molecule has 3 fully saturated rings. The first-order chi connectivity index (χ1) is 13.1. The van der Waals surface area contributed by atoms with Crippen molar-refractivity contribution in [2.75, 3.05) is 25.0 Å². The molecule has 6 nitrogen and oxygen atoms in total. The summed E-state index contributed by atoms with van der Waals surface area (Å²) in [4.78, 5) is 28.8. The first kappa shape index (κ1) is 17.2. The van der Waals surface area contributed by atoms with Crippen LogP contribution in [0.25, 0.3) is 0 Å². The molecule has 0 aromatic heterocycles. The molecule has 1 aliphatic carbocycles. The zero-order valence-corrected chi connectivity index (χ0v) is 15.5. The number of fused-ring (bicyclic) bond motifs is 4. The second-order valence-electron chi connectivity index (χ2n) is 8.77. The van der Waals surface area contributed by atoms with E-state index in [9.17, 15) is 14.7 Å². The van der Waals surface area contributed by atoms with Crippen LogP contribution in [0.5, 0.6) is 0 Å². The van der Waals surface area contributed by atoms with Gasteiger partial charge in [0.25, 0.3) is 0 Å². The van der Waals surface area contributed by atoms with E-state index in [2.05, 4.69) is 15.5 Å². The summed E-state index contributed by atoms with van der Waals surface area (Å²) in [5.74, 6) is -0.494. The molecular weight excluding hydrogens is 342 g/mol. The standard InChI is InChI=1S/C21H27N3O3/c25-13-20(8-4-9-20)12-22-18(26)16-11-14-5-3-10-24(14)21(16)15-6-1-2-7-17(15)23-19(21)27/h1-2,6-7,14,16,25H,3-5,8-13H2,(H,22,26)(H,23,27)/t14-,16+,21+/m1/s1. The molecule has 0 unspecified atom stereocenters. The van der Waals surface area contributed by atoms with Crippen LogP contribution in [0.3, 0.4) is 0 Å². The minimum Gasteiger partial charge on any atom is -0.396 e. The third kappa shape index (κ3) is 2.26. The molecule has 2 amide bonds. The van der Waals surface area contributed by atoms with Gasteiger partial charge in [0, 0.05) is 29.3 Å². The van der Waals surface area contributed by atoms with Gasteiger partial charge >= 0.3 is 0 Å². The number of rotatable bonds is 4. The van der Waals surface area contributed by atoms with E-state index in [1.54, 1.807) is 0 Å². The normalized spacial score (nSPS) is 33.4. The average molecular weight is 369 g/mol. The van der Waals surface area contributed by atoms with E-state index in [4.69, 9.17) is 0 Å². The molecule has 3 N–H and O–H groups in total. The Morgan fingerprint density at radius 3 is 2.85 bits per heavy atom. The number of amides is 2. The number of hydrogen-bond acceptors (Lipinski definition) is 4. The highest BCUT2D eigenvalue weighted by molar-refractivity contribution is 6.09. The van der Waals surface area contributed by atoms with E-state index in [0.29, 0.717) is 6.54 Å². The Balaban J connectivity index is 1.48. The number of carbonyl (C=O) groups excluding carboxylic acids is 2. The number of anilines is 1. The third-order valence-corrected chi connectivity index (χ3v) is 7.48. The number of nitrogens with one attached hydrogen (secondary N) is 2. The maximum absolute atomic E-state index is 13.3. The highest BCUT2D eigenvalue weighted by Gasteiger charge is 2.65. The number of hydrogen-bond donors (Lipinski definition) is 3. The molecular formula is C21H27N3O3. The van der Waals surface area contributed by atoms with Crippen LogP contribution in [0.1, 0.15) is 44.1 Å². The number of carbonyl (C=O) groups is 2. The van der Waals surface area contributed by atoms with Gasteiger partial charge in [0.15, 0.2) is 0 Å². The quantitative estimate of drug-likeness (QED) is 0.753. The fourth-order valence-electron chi connectivity index (χ4n) is 5.85. The van der Waals surface area contributed by atoms with Crippen LogP contribution >= 0.6 is 0 Å². The summed E-state index contributed by atoms with van der Waals surface area (Å²) in [5.41, 5.74) is 0.736. The number of aliphatic hydroxyl groups excluding tert-OH is 1. The van der Waals surface area contributed by atoms with Crippen molar-refractivity contribution in [3.8, 4) is 0 Å². The van der Waals surface area contributed by atoms with Gasteiger partial charge in [0.2, 0.25) is 11.8 Å². The summed E-state index contributed by atoms with van der Waals surface area (Å²) in [6.45, 7) is 1.47. The lowest BCUT2D eigenvalue weighted by molar-refractivity contribution is -0.138. The molecule has 1 saturated carbocycles. The van der Waals surface area contributed by atoms with Gasteiger partial charge in [-0.1, -0.05) is 24.6 Å². The van der Waals surface area contributed by atoms with E-state index in [0.717, 1.165) is 56.3 Å². The van der Waals surface area contributed by atoms with Crippen molar-refractivity contribution in [3.63, 3.8) is 0 Å². The Labute approximate surface area is 159 Å². The van der Waals surface area contributed by atoms with Crippen LogP contribution in [-0.2, 0) is 15.1 Å². The Kier molecular flexibility index (Phi) is 3.85. The smallest absolute Gasteiger partial charge is 0.250 e. The van der Waals surface area contributed by atoms with Crippen LogP contribution in [0.15, 0.2) is 24.3 Å². The second kappa shape index (κ2) is 6.04. The van der Waals surface area contributed by atoms with E-state index in [-0.39, 0.29) is 35.8 Å². The molecule has 6 heteroatoms. The van der Waals surface area contributed by atoms with Crippen LogP contribution in [0.2, 0.25) is 0 Å².